The Kier molecular flexibility index (Phi) is 7.15. The maximum atomic E-state index is 13.8. The lowest BCUT2D eigenvalue weighted by molar-refractivity contribution is -0.384. The highest BCUT2D eigenvalue weighted by Crippen LogP contribution is 2.35. The summed E-state index contributed by atoms with van der Waals surface area (Å²) in [6.45, 7) is 1.76. The van der Waals surface area contributed by atoms with Gasteiger partial charge in [-0.25, -0.2) is 4.99 Å². The molecule has 1 aliphatic rings. The second-order valence-electron chi connectivity index (χ2n) is 9.26. The summed E-state index contributed by atoms with van der Waals surface area (Å²) in [7, 11) is 1.43. The Balaban J connectivity index is 1.41. The average molecular weight is 599 g/mol. The van der Waals surface area contributed by atoms with Gasteiger partial charge in [0.05, 0.1) is 39.5 Å². The van der Waals surface area contributed by atoms with Gasteiger partial charge in [-0.1, -0.05) is 35.6 Å². The quantitative estimate of drug-likeness (QED) is 0.205. The highest BCUT2D eigenvalue weighted by Gasteiger charge is 2.33. The molecule has 1 atom stereocenters. The SMILES string of the molecule is COc1ccc(-c2ccc(/C=c3\sc4n(c3=O)[C@@H](c3cccs3)C(C(=O)Nc3ccccc3)=C(C)N=4)o2)c([N+](=O)[O-])c1. The van der Waals surface area contributed by atoms with Gasteiger partial charge in [-0.3, -0.25) is 24.3 Å². The van der Waals surface area contributed by atoms with Crippen molar-refractivity contribution in [3.8, 4) is 17.1 Å². The number of nitrogens with zero attached hydrogens (tertiary/aromatic N) is 3. The minimum absolute atomic E-state index is 0.164. The molecular weight excluding hydrogens is 576 g/mol. The molecule has 2 aromatic carbocycles. The highest BCUT2D eigenvalue weighted by atomic mass is 32.1. The number of rotatable bonds is 7. The van der Waals surface area contributed by atoms with Gasteiger partial charge in [0.25, 0.3) is 17.2 Å². The van der Waals surface area contributed by atoms with Gasteiger partial charge in [0.1, 0.15) is 23.3 Å². The molecule has 0 saturated heterocycles. The smallest absolute Gasteiger partial charge is 0.284 e. The Bertz CT molecular complexity index is 2040. The van der Waals surface area contributed by atoms with E-state index in [1.54, 1.807) is 49.4 Å². The molecule has 1 amide bonds. The van der Waals surface area contributed by atoms with E-state index in [0.29, 0.717) is 37.8 Å². The molecule has 1 N–H and O–H groups in total. The third-order valence-electron chi connectivity index (χ3n) is 6.68. The number of methoxy groups -OCH3 is 1. The van der Waals surface area contributed by atoms with Crippen LogP contribution < -0.4 is 24.9 Å². The lowest BCUT2D eigenvalue weighted by Gasteiger charge is -2.24. The monoisotopic (exact) mass is 598 g/mol. The van der Waals surface area contributed by atoms with Crippen molar-refractivity contribution >= 4 is 46.0 Å². The minimum Gasteiger partial charge on any atom is -0.497 e. The van der Waals surface area contributed by atoms with E-state index in [1.165, 1.54) is 40.4 Å². The number of aromatic nitrogens is 1. The Morgan fingerprint density at radius 1 is 1.14 bits per heavy atom. The van der Waals surface area contributed by atoms with E-state index in [9.17, 15) is 19.7 Å². The first-order chi connectivity index (χ1) is 20.3. The van der Waals surface area contributed by atoms with Crippen LogP contribution in [0, 0.1) is 10.1 Å². The zero-order valence-electron chi connectivity index (χ0n) is 22.3. The number of fused-ring (bicyclic) bond motifs is 1. The van der Waals surface area contributed by atoms with Crippen molar-refractivity contribution in [1.82, 2.24) is 4.57 Å². The normalized spacial score (nSPS) is 14.8. The Hall–Kier alpha value is -5.07. The maximum Gasteiger partial charge on any atom is 0.284 e. The maximum absolute atomic E-state index is 13.8. The predicted molar refractivity (Wildman–Crippen MR) is 161 cm³/mol. The Morgan fingerprint density at radius 2 is 1.95 bits per heavy atom. The topological polar surface area (TPSA) is 129 Å². The highest BCUT2D eigenvalue weighted by molar-refractivity contribution is 7.10. The summed E-state index contributed by atoms with van der Waals surface area (Å²) in [5.74, 6) is 0.624. The van der Waals surface area contributed by atoms with Crippen molar-refractivity contribution in [1.29, 1.82) is 0 Å². The first-order valence-electron chi connectivity index (χ1n) is 12.7. The summed E-state index contributed by atoms with van der Waals surface area (Å²) in [6, 6.07) is 20.0. The van der Waals surface area contributed by atoms with Crippen molar-refractivity contribution in [3.63, 3.8) is 0 Å². The molecule has 6 rings (SSSR count). The second kappa shape index (κ2) is 11.1. The van der Waals surface area contributed by atoms with Gasteiger partial charge in [0, 0.05) is 16.6 Å². The summed E-state index contributed by atoms with van der Waals surface area (Å²) in [4.78, 5) is 44.5. The predicted octanol–water partition coefficient (Wildman–Crippen LogP) is 5.11. The number of thiazole rings is 1. The molecule has 42 heavy (non-hydrogen) atoms. The van der Waals surface area contributed by atoms with Gasteiger partial charge in [-0.05, 0) is 54.8 Å². The van der Waals surface area contributed by atoms with Crippen LogP contribution in [0.3, 0.4) is 0 Å². The Labute approximate surface area is 246 Å². The standard InChI is InChI=1S/C30H22N4O6S2/c1-17-26(28(35)32-18-7-4-3-5-8-18)27(24-9-6-14-41-24)33-29(36)25(42-30(33)31-17)16-20-11-13-23(40-20)21-12-10-19(39-2)15-22(21)34(37)38/h3-16,27H,1-2H3,(H,32,35)/b25-16-/t27-/m0/s1. The third kappa shape index (κ3) is 4.97. The molecule has 10 nitrogen and oxygen atoms in total. The van der Waals surface area contributed by atoms with Crippen LogP contribution in [0.15, 0.2) is 104 Å². The number of anilines is 1. The number of hydrogen-bond acceptors (Lipinski definition) is 9. The molecule has 1 aliphatic heterocycles. The van der Waals surface area contributed by atoms with Crippen LogP contribution >= 0.6 is 22.7 Å². The van der Waals surface area contributed by atoms with E-state index in [-0.39, 0.29) is 28.5 Å². The van der Waals surface area contributed by atoms with E-state index in [2.05, 4.69) is 10.3 Å². The molecule has 0 bridgehead atoms. The molecule has 3 aromatic heterocycles. The molecule has 0 spiro atoms. The fourth-order valence-electron chi connectivity index (χ4n) is 4.75. The number of benzene rings is 2. The fraction of sp³-hybridized carbons (Fsp3) is 0.100. The first kappa shape index (κ1) is 27.1. The van der Waals surface area contributed by atoms with Crippen LogP contribution in [0.2, 0.25) is 0 Å². The van der Waals surface area contributed by atoms with E-state index in [0.717, 1.165) is 4.88 Å². The molecule has 0 unspecified atom stereocenters. The number of nitro groups is 1. The van der Waals surface area contributed by atoms with Crippen LogP contribution in [0.5, 0.6) is 5.75 Å². The number of para-hydroxylation sites is 1. The number of furan rings is 1. The number of hydrogen-bond donors (Lipinski definition) is 1. The molecular formula is C30H22N4O6S2. The molecule has 0 radical (unpaired) electrons. The van der Waals surface area contributed by atoms with Gasteiger partial charge in [-0.2, -0.15) is 0 Å². The number of allylic oxidation sites excluding steroid dienone is 1. The van der Waals surface area contributed by atoms with E-state index >= 15 is 0 Å². The van der Waals surface area contributed by atoms with Crippen molar-refractivity contribution in [2.75, 3.05) is 12.4 Å². The lowest BCUT2D eigenvalue weighted by atomic mass is 10.0. The van der Waals surface area contributed by atoms with Gasteiger partial charge >= 0.3 is 0 Å². The largest absolute Gasteiger partial charge is 0.497 e. The van der Waals surface area contributed by atoms with Crippen LogP contribution in [0.4, 0.5) is 11.4 Å². The molecule has 210 valence electrons. The number of carbonyl (C=O) groups is 1. The lowest BCUT2D eigenvalue weighted by Crippen LogP contribution is -2.40. The summed E-state index contributed by atoms with van der Waals surface area (Å²) in [6.07, 6.45) is 1.58. The van der Waals surface area contributed by atoms with Gasteiger partial charge in [-0.15, -0.1) is 11.3 Å². The van der Waals surface area contributed by atoms with E-state index in [4.69, 9.17) is 9.15 Å². The molecule has 4 heterocycles. The summed E-state index contributed by atoms with van der Waals surface area (Å²) in [5.41, 5.74) is 1.32. The number of nitro benzene ring substituents is 1. The van der Waals surface area contributed by atoms with E-state index < -0.39 is 11.0 Å². The van der Waals surface area contributed by atoms with Crippen LogP contribution in [0.1, 0.15) is 23.6 Å². The molecule has 0 fully saturated rings. The number of thiophene rings is 1. The summed E-state index contributed by atoms with van der Waals surface area (Å²) >= 11 is 2.63. The third-order valence-corrected chi connectivity index (χ3v) is 8.59. The van der Waals surface area contributed by atoms with Gasteiger partial charge in [0.2, 0.25) is 0 Å². The van der Waals surface area contributed by atoms with Gasteiger partial charge in [0.15, 0.2) is 4.80 Å². The van der Waals surface area contributed by atoms with Crippen molar-refractivity contribution < 1.29 is 18.9 Å². The minimum atomic E-state index is -0.666. The molecule has 0 aliphatic carbocycles. The second-order valence-corrected chi connectivity index (χ2v) is 11.2. The van der Waals surface area contributed by atoms with Crippen LogP contribution in [0.25, 0.3) is 17.4 Å². The number of nitrogens with one attached hydrogen (secondary N) is 1. The van der Waals surface area contributed by atoms with Gasteiger partial charge < -0.3 is 14.5 Å². The Morgan fingerprint density at radius 3 is 2.67 bits per heavy atom. The molecule has 0 saturated carbocycles. The zero-order valence-corrected chi connectivity index (χ0v) is 23.9. The van der Waals surface area contributed by atoms with E-state index in [1.807, 2.05) is 35.7 Å². The van der Waals surface area contributed by atoms with Crippen LogP contribution in [-0.2, 0) is 4.79 Å². The van der Waals surface area contributed by atoms with Crippen molar-refractivity contribution in [2.45, 2.75) is 13.0 Å². The van der Waals surface area contributed by atoms with Crippen molar-refractivity contribution in [2.24, 2.45) is 4.99 Å². The molecule has 12 heteroatoms. The number of ether oxygens (including phenoxy) is 1. The van der Waals surface area contributed by atoms with Crippen molar-refractivity contribution in [3.05, 3.63) is 130 Å². The number of amides is 1. The number of carbonyl (C=O) groups excluding carboxylic acids is 1. The summed E-state index contributed by atoms with van der Waals surface area (Å²) < 4.78 is 12.9. The first-order valence-corrected chi connectivity index (χ1v) is 14.4. The molecule has 5 aromatic rings. The average Bonchev–Trinajstić information content (AvgIpc) is 3.74. The fourth-order valence-corrected chi connectivity index (χ4v) is 6.60. The van der Waals surface area contributed by atoms with Crippen LogP contribution in [-0.4, -0.2) is 22.5 Å². The summed E-state index contributed by atoms with van der Waals surface area (Å²) in [5, 5.41) is 16.5. The zero-order chi connectivity index (χ0) is 29.4.